The number of ether oxygens (including phenoxy) is 1. The van der Waals surface area contributed by atoms with Crippen molar-refractivity contribution in [3.05, 3.63) is 64.7 Å². The largest absolute Gasteiger partial charge is 0.489 e. The van der Waals surface area contributed by atoms with E-state index in [1.54, 1.807) is 12.1 Å². The summed E-state index contributed by atoms with van der Waals surface area (Å²) >= 11 is 0. The summed E-state index contributed by atoms with van der Waals surface area (Å²) in [5.74, 6) is 0.778. The maximum atomic E-state index is 10.5. The highest BCUT2D eigenvalue weighted by atomic mass is 16.5. The Bertz CT molecular complexity index is 521. The second-order valence-corrected chi connectivity index (χ2v) is 4.47. The third-order valence-electron chi connectivity index (χ3n) is 2.70. The van der Waals surface area contributed by atoms with Crippen molar-refractivity contribution in [3.63, 3.8) is 0 Å². The van der Waals surface area contributed by atoms with Gasteiger partial charge in [-0.05, 0) is 43.7 Å². The van der Waals surface area contributed by atoms with Gasteiger partial charge in [0.05, 0.1) is 0 Å². The van der Waals surface area contributed by atoms with Gasteiger partial charge in [0.1, 0.15) is 18.6 Å². The Morgan fingerprint density at radius 3 is 2.17 bits per heavy atom. The number of rotatable bonds is 4. The summed E-state index contributed by atoms with van der Waals surface area (Å²) in [6.45, 7) is 4.70. The van der Waals surface area contributed by atoms with Gasteiger partial charge in [-0.1, -0.05) is 29.3 Å². The smallest absolute Gasteiger partial charge is 0.150 e. The molecule has 2 heteroatoms. The fourth-order valence-electron chi connectivity index (χ4n) is 1.96. The van der Waals surface area contributed by atoms with E-state index in [0.717, 1.165) is 17.6 Å². The lowest BCUT2D eigenvalue weighted by Gasteiger charge is -2.08. The third kappa shape index (κ3) is 3.20. The minimum absolute atomic E-state index is 0.545. The number of carbonyl (C=O) groups excluding carboxylic acids is 1. The van der Waals surface area contributed by atoms with Crippen LogP contribution in [0.25, 0.3) is 0 Å². The van der Waals surface area contributed by atoms with Crippen molar-refractivity contribution in [2.75, 3.05) is 0 Å². The molecule has 0 unspecified atom stereocenters. The molecule has 0 atom stereocenters. The highest BCUT2D eigenvalue weighted by Gasteiger charge is 1.98. The van der Waals surface area contributed by atoms with Crippen molar-refractivity contribution in [2.24, 2.45) is 0 Å². The zero-order valence-corrected chi connectivity index (χ0v) is 10.6. The molecule has 0 saturated heterocycles. The summed E-state index contributed by atoms with van der Waals surface area (Å²) in [6.07, 6.45) is 0.827. The first kappa shape index (κ1) is 12.4. The van der Waals surface area contributed by atoms with Crippen molar-refractivity contribution in [3.8, 4) is 5.75 Å². The second kappa shape index (κ2) is 5.50. The average molecular weight is 240 g/mol. The molecule has 0 saturated carbocycles. The predicted molar refractivity (Wildman–Crippen MR) is 72.1 cm³/mol. The Morgan fingerprint density at radius 1 is 1.00 bits per heavy atom. The Kier molecular flexibility index (Phi) is 3.78. The standard InChI is InChI=1S/C16H16O2/c1-12-7-13(2)9-15(8-12)11-18-16-5-3-14(10-17)4-6-16/h3-10H,11H2,1-2H3. The molecular weight excluding hydrogens is 224 g/mol. The summed E-state index contributed by atoms with van der Waals surface area (Å²) in [6, 6.07) is 13.5. The van der Waals surface area contributed by atoms with Gasteiger partial charge < -0.3 is 4.74 Å². The van der Waals surface area contributed by atoms with Gasteiger partial charge in [0, 0.05) is 5.56 Å². The number of benzene rings is 2. The molecule has 2 nitrogen and oxygen atoms in total. The Labute approximate surface area is 107 Å². The van der Waals surface area contributed by atoms with E-state index in [9.17, 15) is 4.79 Å². The van der Waals surface area contributed by atoms with Crippen LogP contribution in [0.4, 0.5) is 0 Å². The quantitative estimate of drug-likeness (QED) is 0.762. The van der Waals surface area contributed by atoms with Gasteiger partial charge >= 0.3 is 0 Å². The Hall–Kier alpha value is -2.09. The van der Waals surface area contributed by atoms with Gasteiger partial charge in [-0.25, -0.2) is 0 Å². The van der Waals surface area contributed by atoms with Crippen molar-refractivity contribution in [2.45, 2.75) is 20.5 Å². The lowest BCUT2D eigenvalue weighted by Crippen LogP contribution is -1.96. The maximum Gasteiger partial charge on any atom is 0.150 e. The van der Waals surface area contributed by atoms with Crippen LogP contribution in [0.3, 0.4) is 0 Å². The van der Waals surface area contributed by atoms with Crippen LogP contribution in [-0.2, 0) is 6.61 Å². The minimum Gasteiger partial charge on any atom is -0.489 e. The summed E-state index contributed by atoms with van der Waals surface area (Å²) in [5.41, 5.74) is 4.30. The molecule has 0 aliphatic rings. The zero-order chi connectivity index (χ0) is 13.0. The van der Waals surface area contributed by atoms with Gasteiger partial charge in [-0.15, -0.1) is 0 Å². The molecule has 0 aliphatic heterocycles. The van der Waals surface area contributed by atoms with Gasteiger partial charge in [-0.2, -0.15) is 0 Å². The molecule has 2 aromatic carbocycles. The number of aryl methyl sites for hydroxylation is 2. The highest BCUT2D eigenvalue weighted by Crippen LogP contribution is 2.15. The van der Waals surface area contributed by atoms with E-state index in [0.29, 0.717) is 12.2 Å². The number of carbonyl (C=O) groups is 1. The Morgan fingerprint density at radius 2 is 1.61 bits per heavy atom. The molecule has 0 spiro atoms. The van der Waals surface area contributed by atoms with Crippen LogP contribution in [0.2, 0.25) is 0 Å². The molecule has 0 aliphatic carbocycles. The fourth-order valence-corrected chi connectivity index (χ4v) is 1.96. The summed E-state index contributed by atoms with van der Waals surface area (Å²) in [4.78, 5) is 10.5. The lowest BCUT2D eigenvalue weighted by molar-refractivity contribution is 0.112. The highest BCUT2D eigenvalue weighted by molar-refractivity contribution is 5.74. The van der Waals surface area contributed by atoms with Crippen LogP contribution in [0.5, 0.6) is 5.75 Å². The van der Waals surface area contributed by atoms with Gasteiger partial charge in [0.2, 0.25) is 0 Å². The van der Waals surface area contributed by atoms with Gasteiger partial charge in [0.25, 0.3) is 0 Å². The van der Waals surface area contributed by atoms with E-state index < -0.39 is 0 Å². The van der Waals surface area contributed by atoms with Crippen LogP contribution in [-0.4, -0.2) is 6.29 Å². The molecule has 0 radical (unpaired) electrons. The first-order valence-corrected chi connectivity index (χ1v) is 5.92. The fraction of sp³-hybridized carbons (Fsp3) is 0.188. The Balaban J connectivity index is 2.03. The van der Waals surface area contributed by atoms with Gasteiger partial charge in [-0.3, -0.25) is 4.79 Å². The lowest BCUT2D eigenvalue weighted by atomic mass is 10.1. The van der Waals surface area contributed by atoms with Crippen molar-refractivity contribution in [1.82, 2.24) is 0 Å². The molecule has 0 amide bonds. The molecule has 18 heavy (non-hydrogen) atoms. The number of hydrogen-bond acceptors (Lipinski definition) is 2. The maximum absolute atomic E-state index is 10.5. The van der Waals surface area contributed by atoms with E-state index in [-0.39, 0.29) is 0 Å². The van der Waals surface area contributed by atoms with E-state index in [4.69, 9.17) is 4.74 Å². The SMILES string of the molecule is Cc1cc(C)cc(COc2ccc(C=O)cc2)c1. The van der Waals surface area contributed by atoms with Crippen molar-refractivity contribution in [1.29, 1.82) is 0 Å². The van der Waals surface area contributed by atoms with Crippen molar-refractivity contribution < 1.29 is 9.53 Å². The molecule has 2 rings (SSSR count). The first-order valence-electron chi connectivity index (χ1n) is 5.92. The topological polar surface area (TPSA) is 26.3 Å². The first-order chi connectivity index (χ1) is 8.67. The summed E-state index contributed by atoms with van der Waals surface area (Å²) in [7, 11) is 0. The van der Waals surface area contributed by atoms with Crippen LogP contribution >= 0.6 is 0 Å². The van der Waals surface area contributed by atoms with Crippen LogP contribution in [0.15, 0.2) is 42.5 Å². The summed E-state index contributed by atoms with van der Waals surface area (Å²) in [5, 5.41) is 0. The summed E-state index contributed by atoms with van der Waals surface area (Å²) < 4.78 is 5.69. The number of aldehydes is 1. The third-order valence-corrected chi connectivity index (χ3v) is 2.70. The zero-order valence-electron chi connectivity index (χ0n) is 10.6. The molecule has 2 aromatic rings. The monoisotopic (exact) mass is 240 g/mol. The molecule has 0 heterocycles. The van der Waals surface area contributed by atoms with E-state index >= 15 is 0 Å². The second-order valence-electron chi connectivity index (χ2n) is 4.47. The van der Waals surface area contributed by atoms with Crippen LogP contribution in [0, 0.1) is 13.8 Å². The van der Waals surface area contributed by atoms with Crippen molar-refractivity contribution >= 4 is 6.29 Å². The minimum atomic E-state index is 0.545. The van der Waals surface area contributed by atoms with E-state index in [1.165, 1.54) is 11.1 Å². The van der Waals surface area contributed by atoms with Gasteiger partial charge in [0.15, 0.2) is 0 Å². The molecule has 0 bridgehead atoms. The predicted octanol–water partition coefficient (Wildman–Crippen LogP) is 3.69. The molecule has 0 aromatic heterocycles. The van der Waals surface area contributed by atoms with E-state index in [2.05, 4.69) is 32.0 Å². The average Bonchev–Trinajstić information content (AvgIpc) is 2.36. The molecule has 0 fully saturated rings. The molecular formula is C16H16O2. The normalized spacial score (nSPS) is 10.1. The molecule has 92 valence electrons. The van der Waals surface area contributed by atoms with Crippen LogP contribution in [0.1, 0.15) is 27.0 Å². The number of hydrogen-bond donors (Lipinski definition) is 0. The van der Waals surface area contributed by atoms with E-state index in [1.807, 2.05) is 12.1 Å². The van der Waals surface area contributed by atoms with Crippen LogP contribution < -0.4 is 4.74 Å². The molecule has 0 N–H and O–H groups in total.